The van der Waals surface area contributed by atoms with E-state index in [1.807, 2.05) is 26.0 Å². The minimum atomic E-state index is -0.488. The molecule has 0 N–H and O–H groups in total. The van der Waals surface area contributed by atoms with Crippen molar-refractivity contribution < 1.29 is 8.78 Å². The van der Waals surface area contributed by atoms with E-state index in [1.165, 1.54) is 33.6 Å². The van der Waals surface area contributed by atoms with E-state index in [9.17, 15) is 8.78 Å². The van der Waals surface area contributed by atoms with Gasteiger partial charge in [0, 0.05) is 48.3 Å². The van der Waals surface area contributed by atoms with Crippen LogP contribution < -0.4 is 0 Å². The van der Waals surface area contributed by atoms with Gasteiger partial charge in [-0.25, -0.2) is 38.1 Å². The first-order chi connectivity index (χ1) is 22.7. The zero-order valence-electron chi connectivity index (χ0n) is 24.8. The van der Waals surface area contributed by atoms with Gasteiger partial charge in [0.25, 0.3) is 0 Å². The van der Waals surface area contributed by atoms with Gasteiger partial charge in [-0.1, -0.05) is 0 Å². The molecule has 0 bridgehead atoms. The number of nitriles is 2. The van der Waals surface area contributed by atoms with Crippen molar-refractivity contribution in [1.29, 1.82) is 10.5 Å². The maximum atomic E-state index is 13.5. The SMILES string of the molecule is Brc1ncccn1.C#Cc1nn(-c2cc(F)cc(C#N)c2)cc1C.Cc1cn(-c2cc(F)cc(C#N)c2)nc1C#Cc1ncccn1. The summed E-state index contributed by atoms with van der Waals surface area (Å²) in [5, 5.41) is 26.1. The standard InChI is InChI=1S/C17H10FN5.C13H8FN3.C4H3BrN2/c1-12-11-23(15-8-13(10-19)7-14(18)9-15)22-16(12)3-4-17-20-5-2-6-21-17;1-3-13-9(2)8-17(16-13)12-5-10(7-15)4-11(14)6-12;5-4-6-2-1-3-7-4/h2,5-9,11H,1H3;1,4-6,8H,2H3;1-3H. The molecule has 228 valence electrons. The second kappa shape index (κ2) is 16.0. The Kier molecular flexibility index (Phi) is 11.3. The summed E-state index contributed by atoms with van der Waals surface area (Å²) in [6, 6.07) is 15.4. The Morgan fingerprint density at radius 2 is 1.15 bits per heavy atom. The monoisotopic (exact) mass is 686 g/mol. The first kappa shape index (κ1) is 33.4. The lowest BCUT2D eigenvalue weighted by Gasteiger charge is -2.01. The number of hydrogen-bond donors (Lipinski definition) is 0. The normalized spacial score (nSPS) is 9.57. The molecule has 6 aromatic rings. The van der Waals surface area contributed by atoms with E-state index in [2.05, 4.69) is 63.8 Å². The average Bonchev–Trinajstić information content (AvgIpc) is 3.66. The molecule has 2 aromatic carbocycles. The molecule has 0 amide bonds. The van der Waals surface area contributed by atoms with Gasteiger partial charge in [-0.3, -0.25) is 0 Å². The largest absolute Gasteiger partial charge is 0.239 e. The third kappa shape index (κ3) is 9.47. The van der Waals surface area contributed by atoms with Crippen molar-refractivity contribution in [2.24, 2.45) is 0 Å². The molecule has 0 aliphatic rings. The molecule has 10 nitrogen and oxygen atoms in total. The minimum absolute atomic E-state index is 0.235. The summed E-state index contributed by atoms with van der Waals surface area (Å²) >= 11 is 3.09. The summed E-state index contributed by atoms with van der Waals surface area (Å²) in [5.74, 6) is 7.60. The maximum absolute atomic E-state index is 13.5. The molecule has 0 saturated carbocycles. The van der Waals surface area contributed by atoms with E-state index in [1.54, 1.807) is 61.4 Å². The first-order valence-electron chi connectivity index (χ1n) is 13.4. The molecule has 0 spiro atoms. The fraction of sp³-hybridized carbons (Fsp3) is 0.0588. The van der Waals surface area contributed by atoms with Crippen molar-refractivity contribution in [3.63, 3.8) is 0 Å². The van der Waals surface area contributed by atoms with E-state index in [4.69, 9.17) is 16.9 Å². The lowest BCUT2D eigenvalue weighted by Crippen LogP contribution is -1.97. The molecular weight excluding hydrogens is 666 g/mol. The summed E-state index contributed by atoms with van der Waals surface area (Å²) in [7, 11) is 0. The van der Waals surface area contributed by atoms with Gasteiger partial charge in [-0.2, -0.15) is 20.7 Å². The smallest absolute Gasteiger partial charge is 0.205 e. The zero-order valence-corrected chi connectivity index (χ0v) is 26.4. The van der Waals surface area contributed by atoms with Gasteiger partial charge >= 0.3 is 0 Å². The minimum Gasteiger partial charge on any atom is -0.239 e. The fourth-order valence-corrected chi connectivity index (χ4v) is 3.99. The third-order valence-corrected chi connectivity index (χ3v) is 6.29. The van der Waals surface area contributed by atoms with Crippen molar-refractivity contribution in [2.45, 2.75) is 13.8 Å². The molecule has 4 heterocycles. The number of hydrogen-bond acceptors (Lipinski definition) is 8. The van der Waals surface area contributed by atoms with Crippen LogP contribution in [0.2, 0.25) is 0 Å². The molecule has 0 fully saturated rings. The Bertz CT molecular complexity index is 2200. The molecule has 6 rings (SSSR count). The van der Waals surface area contributed by atoms with Crippen molar-refractivity contribution in [1.82, 2.24) is 39.5 Å². The number of rotatable bonds is 2. The van der Waals surface area contributed by atoms with Crippen LogP contribution >= 0.6 is 15.9 Å². The van der Waals surface area contributed by atoms with Crippen LogP contribution in [0, 0.1) is 72.3 Å². The van der Waals surface area contributed by atoms with Gasteiger partial charge < -0.3 is 0 Å². The van der Waals surface area contributed by atoms with Gasteiger partial charge in [-0.05, 0) is 96.1 Å². The lowest BCUT2D eigenvalue weighted by molar-refractivity contribution is 0.624. The van der Waals surface area contributed by atoms with Gasteiger partial charge in [0.1, 0.15) is 23.0 Å². The quantitative estimate of drug-likeness (QED) is 0.165. The van der Waals surface area contributed by atoms with Crippen molar-refractivity contribution in [2.75, 3.05) is 0 Å². The molecule has 0 unspecified atom stereocenters. The highest BCUT2D eigenvalue weighted by Gasteiger charge is 2.08. The third-order valence-electron chi connectivity index (χ3n) is 5.88. The van der Waals surface area contributed by atoms with Crippen molar-refractivity contribution in [3.05, 3.63) is 142 Å². The van der Waals surface area contributed by atoms with Gasteiger partial charge in [0.15, 0.2) is 4.73 Å². The van der Waals surface area contributed by atoms with E-state index in [0.717, 1.165) is 11.1 Å². The number of nitrogens with zero attached hydrogens (tertiary/aromatic N) is 10. The van der Waals surface area contributed by atoms with E-state index < -0.39 is 11.6 Å². The molecular formula is C34H21BrF2N10. The Morgan fingerprint density at radius 1 is 0.681 bits per heavy atom. The van der Waals surface area contributed by atoms with Gasteiger partial charge in [0.2, 0.25) is 5.82 Å². The number of halogens is 3. The molecule has 13 heteroatoms. The topological polar surface area (TPSA) is 135 Å². The Labute approximate surface area is 277 Å². The number of aryl methyl sites for hydroxylation is 2. The van der Waals surface area contributed by atoms with Crippen LogP contribution in [0.5, 0.6) is 0 Å². The molecule has 0 aliphatic heterocycles. The highest BCUT2D eigenvalue weighted by atomic mass is 79.9. The Hall–Kier alpha value is -6.54. The van der Waals surface area contributed by atoms with Crippen LogP contribution in [0.4, 0.5) is 8.78 Å². The predicted molar refractivity (Wildman–Crippen MR) is 172 cm³/mol. The highest BCUT2D eigenvalue weighted by Crippen LogP contribution is 2.16. The summed E-state index contributed by atoms with van der Waals surface area (Å²) in [4.78, 5) is 15.6. The second-order valence-corrected chi connectivity index (χ2v) is 10.0. The van der Waals surface area contributed by atoms with Crippen molar-refractivity contribution in [3.8, 4) is 47.7 Å². The Balaban J connectivity index is 0.000000182. The predicted octanol–water partition coefficient (Wildman–Crippen LogP) is 5.79. The number of aromatic nitrogens is 8. The van der Waals surface area contributed by atoms with E-state index in [-0.39, 0.29) is 11.1 Å². The summed E-state index contributed by atoms with van der Waals surface area (Å²) < 4.78 is 30.4. The highest BCUT2D eigenvalue weighted by molar-refractivity contribution is 9.10. The zero-order chi connectivity index (χ0) is 33.8. The fourth-order valence-electron chi connectivity index (χ4n) is 3.75. The summed E-state index contributed by atoms with van der Waals surface area (Å²) in [6.45, 7) is 3.67. The average molecular weight is 688 g/mol. The van der Waals surface area contributed by atoms with Crippen LogP contribution in [-0.4, -0.2) is 39.5 Å². The molecule has 0 radical (unpaired) electrons. The van der Waals surface area contributed by atoms with E-state index >= 15 is 0 Å². The second-order valence-electron chi connectivity index (χ2n) is 9.31. The van der Waals surface area contributed by atoms with Crippen LogP contribution in [0.15, 0.2) is 90.4 Å². The van der Waals surface area contributed by atoms with Crippen LogP contribution in [0.1, 0.15) is 39.5 Å². The van der Waals surface area contributed by atoms with Crippen LogP contribution in [-0.2, 0) is 0 Å². The summed E-state index contributed by atoms with van der Waals surface area (Å²) in [6.07, 6.45) is 15.3. The van der Waals surface area contributed by atoms with Gasteiger partial charge in [0.05, 0.1) is 34.6 Å². The lowest BCUT2D eigenvalue weighted by atomic mass is 10.2. The first-order valence-corrected chi connectivity index (χ1v) is 14.2. The molecule has 0 atom stereocenters. The molecule has 0 aliphatic carbocycles. The van der Waals surface area contributed by atoms with Crippen molar-refractivity contribution >= 4 is 15.9 Å². The van der Waals surface area contributed by atoms with Crippen LogP contribution in [0.25, 0.3) is 11.4 Å². The Morgan fingerprint density at radius 3 is 1.57 bits per heavy atom. The van der Waals surface area contributed by atoms with E-state index in [0.29, 0.717) is 33.3 Å². The van der Waals surface area contributed by atoms with Gasteiger partial charge in [-0.15, -0.1) is 6.42 Å². The molecule has 47 heavy (non-hydrogen) atoms. The number of benzene rings is 2. The maximum Gasteiger partial charge on any atom is 0.205 e. The number of terminal acetylenes is 1. The van der Waals surface area contributed by atoms with Crippen LogP contribution in [0.3, 0.4) is 0 Å². The molecule has 4 aromatic heterocycles. The molecule has 0 saturated heterocycles. The summed E-state index contributed by atoms with van der Waals surface area (Å²) in [5.41, 5.74) is 4.13.